The molecule has 0 aromatic heterocycles. The Morgan fingerprint density at radius 2 is 1.62 bits per heavy atom. The zero-order valence-electron chi connectivity index (χ0n) is 9.70. The van der Waals surface area contributed by atoms with E-state index in [9.17, 15) is 9.59 Å². The lowest BCUT2D eigenvalue weighted by Crippen LogP contribution is -2.37. The summed E-state index contributed by atoms with van der Waals surface area (Å²) < 4.78 is 0. The van der Waals surface area contributed by atoms with Crippen molar-refractivity contribution in [3.8, 4) is 0 Å². The van der Waals surface area contributed by atoms with Crippen LogP contribution in [0.25, 0.3) is 0 Å². The molecule has 0 saturated heterocycles. The molecule has 0 saturated carbocycles. The van der Waals surface area contributed by atoms with Crippen LogP contribution < -0.4 is 0 Å². The van der Waals surface area contributed by atoms with Crippen LogP contribution in [0.4, 0.5) is 0 Å². The molecule has 0 amide bonds. The molecule has 94 valence electrons. The normalized spacial score (nSPS) is 11.8. The first-order valence-corrected chi connectivity index (χ1v) is 6.46. The van der Waals surface area contributed by atoms with Crippen molar-refractivity contribution in [3.05, 3.63) is 0 Å². The van der Waals surface area contributed by atoms with E-state index < -0.39 is 23.3 Å². The molecule has 0 fully saturated rings. The molecule has 0 aromatic carbocycles. The summed E-state index contributed by atoms with van der Waals surface area (Å²) >= 11 is 3.32. The number of carboxylic acids is 2. The molecule has 5 heteroatoms. The van der Waals surface area contributed by atoms with E-state index in [1.54, 1.807) is 13.8 Å². The predicted octanol–water partition coefficient (Wildman–Crippen LogP) is 2.75. The Kier molecular flexibility index (Phi) is 6.64. The van der Waals surface area contributed by atoms with Gasteiger partial charge in [-0.25, -0.2) is 0 Å². The maximum absolute atomic E-state index is 10.9. The van der Waals surface area contributed by atoms with Gasteiger partial charge >= 0.3 is 11.9 Å². The molecule has 4 nitrogen and oxygen atoms in total. The van der Waals surface area contributed by atoms with Crippen molar-refractivity contribution in [2.45, 2.75) is 39.5 Å². The fourth-order valence-electron chi connectivity index (χ4n) is 1.77. The second kappa shape index (κ2) is 6.89. The third kappa shape index (κ3) is 4.96. The Morgan fingerprint density at radius 1 is 1.12 bits per heavy atom. The first-order valence-electron chi connectivity index (χ1n) is 5.34. The molecular weight excluding hydrogens is 276 g/mol. The third-order valence-electron chi connectivity index (χ3n) is 2.73. The number of carbonyl (C=O) groups is 2. The summed E-state index contributed by atoms with van der Waals surface area (Å²) in [7, 11) is 0. The van der Waals surface area contributed by atoms with Crippen molar-refractivity contribution >= 4 is 27.9 Å². The van der Waals surface area contributed by atoms with E-state index in [-0.39, 0.29) is 0 Å². The largest absolute Gasteiger partial charge is 0.481 e. The SMILES string of the molecule is CC(C)(CCCCCBr)C(C(=O)O)C(=O)O. The van der Waals surface area contributed by atoms with Gasteiger partial charge in [0.2, 0.25) is 0 Å². The van der Waals surface area contributed by atoms with Gasteiger partial charge in [-0.15, -0.1) is 0 Å². The van der Waals surface area contributed by atoms with Crippen molar-refractivity contribution in [2.24, 2.45) is 11.3 Å². The molecule has 2 N–H and O–H groups in total. The van der Waals surface area contributed by atoms with E-state index >= 15 is 0 Å². The number of alkyl halides is 1. The van der Waals surface area contributed by atoms with E-state index in [1.807, 2.05) is 0 Å². The van der Waals surface area contributed by atoms with E-state index in [0.29, 0.717) is 6.42 Å². The zero-order chi connectivity index (χ0) is 12.8. The number of unbranched alkanes of at least 4 members (excludes halogenated alkanes) is 2. The molecule has 0 spiro atoms. The number of rotatable bonds is 8. The Bertz CT molecular complexity index is 236. The minimum Gasteiger partial charge on any atom is -0.481 e. The lowest BCUT2D eigenvalue weighted by Gasteiger charge is -2.28. The lowest BCUT2D eigenvalue weighted by molar-refractivity contribution is -0.160. The van der Waals surface area contributed by atoms with Crippen molar-refractivity contribution in [1.29, 1.82) is 0 Å². The molecule has 0 aromatic rings. The van der Waals surface area contributed by atoms with Crippen LogP contribution in [0, 0.1) is 11.3 Å². The smallest absolute Gasteiger partial charge is 0.318 e. The maximum atomic E-state index is 10.9. The summed E-state index contributed by atoms with van der Waals surface area (Å²) in [5, 5.41) is 18.7. The van der Waals surface area contributed by atoms with Gasteiger partial charge in [-0.2, -0.15) is 0 Å². The van der Waals surface area contributed by atoms with Gasteiger partial charge in [-0.3, -0.25) is 9.59 Å². The molecule has 0 bridgehead atoms. The number of halogens is 1. The molecule has 16 heavy (non-hydrogen) atoms. The molecule has 0 aliphatic rings. The highest BCUT2D eigenvalue weighted by molar-refractivity contribution is 9.09. The summed E-state index contributed by atoms with van der Waals surface area (Å²) in [5.41, 5.74) is -0.704. The summed E-state index contributed by atoms with van der Waals surface area (Å²) in [6, 6.07) is 0. The summed E-state index contributed by atoms with van der Waals surface area (Å²) in [6.45, 7) is 3.40. The van der Waals surface area contributed by atoms with Gasteiger partial charge in [-0.05, 0) is 18.3 Å². The van der Waals surface area contributed by atoms with Crippen LogP contribution in [0.5, 0.6) is 0 Å². The number of carboxylic acid groups (broad SMARTS) is 2. The van der Waals surface area contributed by atoms with Gasteiger partial charge < -0.3 is 10.2 Å². The van der Waals surface area contributed by atoms with Crippen molar-refractivity contribution < 1.29 is 19.8 Å². The number of hydrogen-bond acceptors (Lipinski definition) is 2. The average Bonchev–Trinajstić information content (AvgIpc) is 2.10. The highest BCUT2D eigenvalue weighted by atomic mass is 79.9. The Hall–Kier alpha value is -0.580. The van der Waals surface area contributed by atoms with Crippen LogP contribution in [-0.4, -0.2) is 27.5 Å². The first kappa shape index (κ1) is 15.4. The van der Waals surface area contributed by atoms with Crippen molar-refractivity contribution in [1.82, 2.24) is 0 Å². The average molecular weight is 295 g/mol. The summed E-state index contributed by atoms with van der Waals surface area (Å²) in [4.78, 5) is 21.8. The van der Waals surface area contributed by atoms with Crippen LogP contribution in [0.1, 0.15) is 39.5 Å². The predicted molar refractivity (Wildman–Crippen MR) is 64.8 cm³/mol. The second-order valence-electron chi connectivity index (χ2n) is 4.60. The molecule has 0 aliphatic heterocycles. The minimum atomic E-state index is -1.32. The van der Waals surface area contributed by atoms with Crippen molar-refractivity contribution in [2.75, 3.05) is 5.33 Å². The molecule has 0 radical (unpaired) electrons. The van der Waals surface area contributed by atoms with E-state index in [1.165, 1.54) is 0 Å². The van der Waals surface area contributed by atoms with Crippen molar-refractivity contribution in [3.63, 3.8) is 0 Å². The van der Waals surface area contributed by atoms with Crippen LogP contribution in [0.3, 0.4) is 0 Å². The monoisotopic (exact) mass is 294 g/mol. The summed E-state index contributed by atoms with van der Waals surface area (Å²) in [6.07, 6.45) is 3.49. The van der Waals surface area contributed by atoms with Crippen LogP contribution in [0.2, 0.25) is 0 Å². The minimum absolute atomic E-state index is 0.614. The van der Waals surface area contributed by atoms with Gasteiger partial charge in [0.25, 0.3) is 0 Å². The molecule has 0 aliphatic carbocycles. The second-order valence-corrected chi connectivity index (χ2v) is 5.39. The molecule has 0 rings (SSSR count). The van der Waals surface area contributed by atoms with Gasteiger partial charge in [0, 0.05) is 5.33 Å². The molecule has 0 unspecified atom stereocenters. The number of hydrogen-bond donors (Lipinski definition) is 2. The molecule has 0 atom stereocenters. The van der Waals surface area contributed by atoms with E-state index in [2.05, 4.69) is 15.9 Å². The van der Waals surface area contributed by atoms with Gasteiger partial charge in [0.1, 0.15) is 0 Å². The Balaban J connectivity index is 4.36. The zero-order valence-corrected chi connectivity index (χ0v) is 11.3. The first-order chi connectivity index (χ1) is 7.33. The molecular formula is C11H19BrO4. The van der Waals surface area contributed by atoms with E-state index in [0.717, 1.165) is 24.6 Å². The fourth-order valence-corrected chi connectivity index (χ4v) is 2.17. The van der Waals surface area contributed by atoms with Gasteiger partial charge in [-0.1, -0.05) is 42.6 Å². The topological polar surface area (TPSA) is 74.6 Å². The summed E-state index contributed by atoms with van der Waals surface area (Å²) in [5.74, 6) is -3.83. The van der Waals surface area contributed by atoms with Gasteiger partial charge in [0.15, 0.2) is 5.92 Å². The third-order valence-corrected chi connectivity index (χ3v) is 3.29. The highest BCUT2D eigenvalue weighted by Crippen LogP contribution is 2.33. The van der Waals surface area contributed by atoms with Crippen LogP contribution >= 0.6 is 15.9 Å². The fraction of sp³-hybridized carbons (Fsp3) is 0.818. The molecule has 0 heterocycles. The lowest BCUT2D eigenvalue weighted by atomic mass is 9.75. The van der Waals surface area contributed by atoms with Crippen LogP contribution in [-0.2, 0) is 9.59 Å². The Labute approximate surface area is 104 Å². The Morgan fingerprint density at radius 3 is 2.00 bits per heavy atom. The van der Waals surface area contributed by atoms with Gasteiger partial charge in [0.05, 0.1) is 0 Å². The standard InChI is InChI=1S/C11H19BrO4/c1-11(2,6-4-3-5-7-12)8(9(13)14)10(15)16/h8H,3-7H2,1-2H3,(H,13,14)(H,15,16). The van der Waals surface area contributed by atoms with Crippen LogP contribution in [0.15, 0.2) is 0 Å². The maximum Gasteiger partial charge on any atom is 0.318 e. The quantitative estimate of drug-likeness (QED) is 0.410. The highest BCUT2D eigenvalue weighted by Gasteiger charge is 2.40. The number of aliphatic carboxylic acids is 2. The van der Waals surface area contributed by atoms with E-state index in [4.69, 9.17) is 10.2 Å².